The highest BCUT2D eigenvalue weighted by atomic mass is 35.5. The maximum absolute atomic E-state index is 13.6. The number of aromatic nitrogens is 1. The summed E-state index contributed by atoms with van der Waals surface area (Å²) in [5, 5.41) is 22.3. The molecule has 2 aliphatic carbocycles. The van der Waals surface area contributed by atoms with Crippen LogP contribution in [0, 0.1) is 23.5 Å². The molecule has 0 saturated heterocycles. The Bertz CT molecular complexity index is 1350. The van der Waals surface area contributed by atoms with Crippen molar-refractivity contribution in [2.75, 3.05) is 11.9 Å². The van der Waals surface area contributed by atoms with Crippen LogP contribution in [0.4, 0.5) is 14.5 Å². The number of nitrogens with zero attached hydrogens (tertiary/aromatic N) is 1. The highest BCUT2D eigenvalue weighted by Gasteiger charge is 2.50. The molecule has 2 aromatic rings. The molecule has 2 bridgehead atoms. The Morgan fingerprint density at radius 3 is 2.53 bits per heavy atom. The molecule has 2 fully saturated rings. The number of benzene rings is 1. The van der Waals surface area contributed by atoms with Crippen molar-refractivity contribution in [2.45, 2.75) is 55.2 Å². The van der Waals surface area contributed by atoms with Crippen LogP contribution in [0.25, 0.3) is 6.08 Å². The van der Waals surface area contributed by atoms with Gasteiger partial charge in [-0.1, -0.05) is 17.7 Å². The van der Waals surface area contributed by atoms with E-state index in [4.69, 9.17) is 11.6 Å². The van der Waals surface area contributed by atoms with Crippen LogP contribution < -0.4 is 10.0 Å². The fourth-order valence-electron chi connectivity index (χ4n) is 5.87. The lowest BCUT2D eigenvalue weighted by Crippen LogP contribution is -2.51. The van der Waals surface area contributed by atoms with Gasteiger partial charge in [-0.05, 0) is 62.1 Å². The molecule has 1 aromatic carbocycles. The number of rotatable bonds is 6. The van der Waals surface area contributed by atoms with E-state index >= 15 is 0 Å². The largest absolute Gasteiger partial charge is 0.393 e. The van der Waals surface area contributed by atoms with Crippen molar-refractivity contribution in [1.29, 1.82) is 0 Å². The first-order valence-electron chi connectivity index (χ1n) is 11.7. The number of hydrogen-bond donors (Lipinski definition) is 4. The van der Waals surface area contributed by atoms with Crippen LogP contribution in [-0.4, -0.2) is 47.4 Å². The highest BCUT2D eigenvalue weighted by molar-refractivity contribution is 7.89. The van der Waals surface area contributed by atoms with Gasteiger partial charge in [-0.2, -0.15) is 0 Å². The van der Waals surface area contributed by atoms with Gasteiger partial charge in [0.25, 0.3) is 5.91 Å². The number of hydrogen-bond acceptors (Lipinski definition) is 5. The molecule has 5 rings (SSSR count). The van der Waals surface area contributed by atoms with Crippen LogP contribution in [-0.2, 0) is 16.6 Å². The molecule has 4 N–H and O–H groups in total. The van der Waals surface area contributed by atoms with Crippen molar-refractivity contribution in [1.82, 2.24) is 9.29 Å². The number of carbonyl (C=O) groups excluding carboxylic acids is 1. The van der Waals surface area contributed by atoms with Crippen LogP contribution in [0.2, 0.25) is 5.02 Å². The first kappa shape index (κ1) is 25.3. The zero-order valence-corrected chi connectivity index (χ0v) is 20.7. The molecule has 2 heterocycles. The van der Waals surface area contributed by atoms with Gasteiger partial charge in [0.05, 0.1) is 22.9 Å². The van der Waals surface area contributed by atoms with Gasteiger partial charge < -0.3 is 20.1 Å². The molecular formula is C24H26ClF2N3O5S. The van der Waals surface area contributed by atoms with Gasteiger partial charge in [-0.15, -0.1) is 0 Å². The zero-order chi connectivity index (χ0) is 25.8. The summed E-state index contributed by atoms with van der Waals surface area (Å²) < 4.78 is 58.5. The number of fused-ring (bicyclic) bond motifs is 3. The number of halogens is 3. The van der Waals surface area contributed by atoms with Gasteiger partial charge in [0.2, 0.25) is 10.0 Å². The van der Waals surface area contributed by atoms with Crippen LogP contribution in [0.1, 0.15) is 48.3 Å². The third kappa shape index (κ3) is 4.37. The maximum atomic E-state index is 13.6. The van der Waals surface area contributed by atoms with E-state index < -0.39 is 39.2 Å². The van der Waals surface area contributed by atoms with E-state index in [1.807, 2.05) is 0 Å². The number of sulfonamides is 1. The summed E-state index contributed by atoms with van der Waals surface area (Å²) in [5.41, 5.74) is -1.06. The van der Waals surface area contributed by atoms with Gasteiger partial charge in [0.1, 0.15) is 10.6 Å². The Morgan fingerprint density at radius 1 is 1.19 bits per heavy atom. The van der Waals surface area contributed by atoms with Crippen molar-refractivity contribution < 1.29 is 32.2 Å². The Balaban J connectivity index is 1.47. The Hall–Kier alpha value is -2.31. The molecule has 1 amide bonds. The summed E-state index contributed by atoms with van der Waals surface area (Å²) in [6.45, 7) is -0.0701. The number of anilines is 1. The molecular weight excluding hydrogens is 516 g/mol. The SMILES string of the molecule is O=C(Nc1ccc(F)c(F)c1)c1c(Cl)c(S(=O)(=O)NC2C3CCC2CC(O)(CO)C3)c2n1CCC=C2. The van der Waals surface area contributed by atoms with Gasteiger partial charge in [-0.3, -0.25) is 4.79 Å². The monoisotopic (exact) mass is 541 g/mol. The van der Waals surface area contributed by atoms with E-state index in [1.54, 1.807) is 12.2 Å². The van der Waals surface area contributed by atoms with Gasteiger partial charge in [0.15, 0.2) is 11.6 Å². The van der Waals surface area contributed by atoms with Gasteiger partial charge >= 0.3 is 0 Å². The topological polar surface area (TPSA) is 121 Å². The third-order valence-electron chi connectivity index (χ3n) is 7.45. The molecule has 1 aromatic heterocycles. The lowest BCUT2D eigenvalue weighted by molar-refractivity contribution is -0.0672. The van der Waals surface area contributed by atoms with Gasteiger partial charge in [-0.25, -0.2) is 21.9 Å². The van der Waals surface area contributed by atoms with Crippen molar-refractivity contribution >= 4 is 39.3 Å². The molecule has 2 saturated carbocycles. The van der Waals surface area contributed by atoms with Gasteiger partial charge in [0, 0.05) is 24.3 Å². The van der Waals surface area contributed by atoms with E-state index in [2.05, 4.69) is 10.0 Å². The summed E-state index contributed by atoms with van der Waals surface area (Å²) >= 11 is 6.55. The fourth-order valence-corrected chi connectivity index (χ4v) is 8.11. The summed E-state index contributed by atoms with van der Waals surface area (Å²) in [5.74, 6) is -3.24. The van der Waals surface area contributed by atoms with Crippen molar-refractivity contribution in [3.63, 3.8) is 0 Å². The molecule has 194 valence electrons. The zero-order valence-electron chi connectivity index (χ0n) is 19.2. The second kappa shape index (κ2) is 9.21. The molecule has 0 radical (unpaired) electrons. The van der Waals surface area contributed by atoms with Crippen LogP contribution in [0.3, 0.4) is 0 Å². The standard InChI is InChI=1S/C24H26ClF2N3O5S/c25-19-21(23(32)28-15-6-7-16(26)17(27)9-15)30-8-2-1-3-18(30)22(19)36(34,35)29-20-13-4-5-14(20)11-24(33,10-13)12-31/h1,3,6-7,9,13-14,20,29,31,33H,2,4-5,8,10-12H2,(H,28,32). The molecule has 3 aliphatic rings. The Kier molecular flexibility index (Phi) is 6.49. The van der Waals surface area contributed by atoms with Crippen LogP contribution >= 0.6 is 11.6 Å². The predicted molar refractivity (Wildman–Crippen MR) is 129 cm³/mol. The fraction of sp³-hybridized carbons (Fsp3) is 0.458. The Labute approximate surface area is 212 Å². The molecule has 36 heavy (non-hydrogen) atoms. The minimum absolute atomic E-state index is 0.00505. The molecule has 1 aliphatic heterocycles. The summed E-state index contributed by atoms with van der Waals surface area (Å²) in [7, 11) is -4.19. The minimum atomic E-state index is -4.19. The van der Waals surface area contributed by atoms with E-state index in [9.17, 15) is 32.2 Å². The minimum Gasteiger partial charge on any atom is -0.393 e. The van der Waals surface area contributed by atoms with E-state index in [1.165, 1.54) is 10.6 Å². The van der Waals surface area contributed by atoms with E-state index in [-0.39, 0.29) is 58.3 Å². The lowest BCUT2D eigenvalue weighted by Gasteiger charge is -2.40. The highest BCUT2D eigenvalue weighted by Crippen LogP contribution is 2.47. The average Bonchev–Trinajstić information content (AvgIpc) is 3.25. The summed E-state index contributed by atoms with van der Waals surface area (Å²) in [4.78, 5) is 12.9. The number of aliphatic hydroxyl groups excluding tert-OH is 1. The second-order valence-electron chi connectivity index (χ2n) is 9.84. The molecule has 0 spiro atoms. The number of aliphatic hydroxyl groups is 2. The Morgan fingerprint density at radius 2 is 1.89 bits per heavy atom. The number of amides is 1. The third-order valence-corrected chi connectivity index (χ3v) is 9.46. The second-order valence-corrected chi connectivity index (χ2v) is 11.9. The predicted octanol–water partition coefficient (Wildman–Crippen LogP) is 3.28. The quantitative estimate of drug-likeness (QED) is 0.447. The lowest BCUT2D eigenvalue weighted by atomic mass is 9.75. The van der Waals surface area contributed by atoms with E-state index in [0.717, 1.165) is 25.0 Å². The van der Waals surface area contributed by atoms with Crippen molar-refractivity contribution in [3.8, 4) is 0 Å². The first-order valence-corrected chi connectivity index (χ1v) is 13.6. The van der Waals surface area contributed by atoms with E-state index in [0.29, 0.717) is 13.0 Å². The van der Waals surface area contributed by atoms with Crippen molar-refractivity contribution in [3.05, 3.63) is 52.3 Å². The van der Waals surface area contributed by atoms with Crippen molar-refractivity contribution in [2.24, 2.45) is 11.8 Å². The molecule has 12 heteroatoms. The normalized spacial score (nSPS) is 27.2. The van der Waals surface area contributed by atoms with Crippen LogP contribution in [0.5, 0.6) is 0 Å². The summed E-state index contributed by atoms with van der Waals surface area (Å²) in [6.07, 6.45) is 5.95. The molecule has 2 unspecified atom stereocenters. The summed E-state index contributed by atoms with van der Waals surface area (Å²) in [6, 6.07) is 2.46. The smallest absolute Gasteiger partial charge is 0.273 e. The molecule has 8 nitrogen and oxygen atoms in total. The number of allylic oxidation sites excluding steroid dienone is 1. The number of carbonyl (C=O) groups is 1. The number of nitrogens with one attached hydrogen (secondary N) is 2. The van der Waals surface area contributed by atoms with Crippen LogP contribution in [0.15, 0.2) is 29.2 Å². The average molecular weight is 542 g/mol. The first-order chi connectivity index (χ1) is 17.0. The maximum Gasteiger partial charge on any atom is 0.273 e. The molecule has 2 atom stereocenters.